The Morgan fingerprint density at radius 2 is 0.500 bits per heavy atom. The van der Waals surface area contributed by atoms with Crippen LogP contribution < -0.4 is 6.15 Å². The van der Waals surface area contributed by atoms with Crippen molar-refractivity contribution in [3.8, 4) is 0 Å². The number of rotatable bonds is 0. The van der Waals surface area contributed by atoms with E-state index < -0.39 is 0 Å². The van der Waals surface area contributed by atoms with Gasteiger partial charge in [-0.05, 0) is 0 Å². The van der Waals surface area contributed by atoms with Gasteiger partial charge in [-0.2, -0.15) is 0 Å². The minimum atomic E-state index is 0. The van der Waals surface area contributed by atoms with Crippen LogP contribution in [0.4, 0.5) is 0 Å². The molecule has 6 heteroatoms. The van der Waals surface area contributed by atoms with Crippen molar-refractivity contribution in [1.82, 2.24) is 6.15 Å². The zero-order valence-corrected chi connectivity index (χ0v) is 5.05. The molecule has 0 saturated carbocycles. The van der Waals surface area contributed by atoms with E-state index in [0.717, 1.165) is 0 Å². The van der Waals surface area contributed by atoms with Crippen LogP contribution >= 0.6 is 0 Å². The van der Waals surface area contributed by atoms with Crippen LogP contribution in [0.5, 0.6) is 0 Å². The minimum Gasteiger partial charge on any atom is -2.00 e. The predicted molar refractivity (Wildman–Crippen MR) is 8.73 cm³/mol. The zero-order chi connectivity index (χ0) is 0. The fraction of sp³-hybridized carbons (Fsp3) is 0. The Morgan fingerprint density at radius 1 is 0.500 bits per heavy atom. The second-order valence-corrected chi connectivity index (χ2v) is 0. The Hall–Kier alpha value is 0.488. The van der Waals surface area contributed by atoms with Crippen molar-refractivity contribution >= 4 is 0 Å². The first kappa shape index (κ1) is 820. The molecule has 0 radical (unpaired) electrons. The van der Waals surface area contributed by atoms with Crippen LogP contribution in [-0.2, 0) is 43.0 Å². The molecule has 6 heavy (non-hydrogen) atoms. The van der Waals surface area contributed by atoms with Crippen LogP contribution in [0.3, 0.4) is 0 Å². The molecule has 0 aromatic heterocycles. The van der Waals surface area contributed by atoms with Crippen molar-refractivity contribution in [1.29, 1.82) is 0 Å². The van der Waals surface area contributed by atoms with Gasteiger partial charge in [0.15, 0.2) is 0 Å². The molecule has 0 aliphatic rings. The van der Waals surface area contributed by atoms with Crippen molar-refractivity contribution in [3.63, 3.8) is 0 Å². The van der Waals surface area contributed by atoms with Crippen molar-refractivity contribution < 1.29 is 43.0 Å². The molecular weight excluding hydrogens is 174 g/mol. The average Bonchev–Trinajstić information content (AvgIpc) is 0. The van der Waals surface area contributed by atoms with Gasteiger partial charge >= 0.3 is 0 Å². The Kier molecular flexibility index (Phi) is 63300. The van der Waals surface area contributed by atoms with E-state index in [4.69, 9.17) is 0 Å². The summed E-state index contributed by atoms with van der Waals surface area (Å²) >= 11 is 0. The van der Waals surface area contributed by atoms with E-state index in [-0.39, 0.29) is 49.1 Å². The third-order valence-corrected chi connectivity index (χ3v) is 0. The van der Waals surface area contributed by atoms with E-state index in [9.17, 15) is 0 Å². The van der Waals surface area contributed by atoms with Crippen LogP contribution in [0.15, 0.2) is 0 Å². The molecule has 0 aromatic rings. The molecule has 0 saturated heterocycles. The quantitative estimate of drug-likeness (QED) is 0.492. The maximum absolute atomic E-state index is 0. The Bertz CT molecular complexity index is 7.51. The normalized spacial score (nSPS) is 0. The van der Waals surface area contributed by atoms with Gasteiger partial charge in [0, 0.05) is 21.1 Å². The molecule has 0 atom stereocenters. The molecule has 0 aliphatic heterocycles. The number of hydrogen-bond donors (Lipinski definition) is 1. The second kappa shape index (κ2) is 464. The van der Waals surface area contributed by atoms with E-state index in [0.29, 0.717) is 0 Å². The van der Waals surface area contributed by atoms with E-state index in [1.165, 1.54) is 0 Å². The van der Waals surface area contributed by atoms with Gasteiger partial charge in [0.2, 0.25) is 0 Å². The van der Waals surface area contributed by atoms with Gasteiger partial charge in [-0.25, -0.2) is 0 Å². The van der Waals surface area contributed by atoms with Crippen LogP contribution in [0.25, 0.3) is 0 Å². The Balaban J connectivity index is 0. The molecule has 0 amide bonds. The third kappa shape index (κ3) is 229. The van der Waals surface area contributed by atoms with Crippen molar-refractivity contribution in [2.75, 3.05) is 0 Å². The summed E-state index contributed by atoms with van der Waals surface area (Å²) < 4.78 is 0. The first-order chi connectivity index (χ1) is 0. The summed E-state index contributed by atoms with van der Waals surface area (Å²) in [7, 11) is 0. The van der Waals surface area contributed by atoms with Gasteiger partial charge in [0.05, 0.1) is 0 Å². The maximum atomic E-state index is 0. The first-order valence-electron chi connectivity index (χ1n) is 0. The molecule has 0 unspecified atom stereocenters. The summed E-state index contributed by atoms with van der Waals surface area (Å²) in [5.74, 6) is 0. The van der Waals surface area contributed by atoms with E-state index in [1.54, 1.807) is 0 Å². The minimum absolute atomic E-state index is 0. The predicted octanol–water partition coefficient (Wildman–Crippen LogP) is -0.102. The van der Waals surface area contributed by atoms with Gasteiger partial charge in [-0.15, -0.1) is 0 Å². The van der Waals surface area contributed by atoms with Gasteiger partial charge in [-0.3, -0.25) is 0 Å². The largest absolute Gasteiger partial charge is 2.00 e. The fourth-order valence-corrected chi connectivity index (χ4v) is 0. The molecule has 46 valence electrons. The molecular formula is H4MoNO4-7. The van der Waals surface area contributed by atoms with Crippen molar-refractivity contribution in [2.24, 2.45) is 0 Å². The molecule has 0 aromatic carbocycles. The molecule has 0 spiro atoms. The van der Waals surface area contributed by atoms with E-state index >= 15 is 0 Å². The summed E-state index contributed by atoms with van der Waals surface area (Å²) in [6.45, 7) is 0. The van der Waals surface area contributed by atoms with Crippen LogP contribution in [-0.4, -0.2) is 0 Å². The molecule has 4 N–H and O–H groups in total. The smallest absolute Gasteiger partial charge is 0 e. The SMILES string of the molecule is [Mo].[NH4+].[O-2].[O-2].[O-2].[O-2]. The van der Waals surface area contributed by atoms with Gasteiger partial charge in [0.1, 0.15) is 0 Å². The average molecular weight is 178 g/mol. The zero-order valence-electron chi connectivity index (χ0n) is 3.04. The van der Waals surface area contributed by atoms with Gasteiger partial charge < -0.3 is 28.1 Å². The fourth-order valence-electron chi connectivity index (χ4n) is 0. The van der Waals surface area contributed by atoms with Gasteiger partial charge in [0.25, 0.3) is 0 Å². The number of hydrogen-bond acceptors (Lipinski definition) is 0. The third-order valence-electron chi connectivity index (χ3n) is 0. The molecule has 0 fully saturated rings. The Labute approximate surface area is 49.8 Å². The Morgan fingerprint density at radius 3 is 0.500 bits per heavy atom. The second-order valence-electron chi connectivity index (χ2n) is 0. The standard InChI is InChI=1S/Mo.H3N.4O/h;1H3;;;;/q;;4*-2/p+1. The summed E-state index contributed by atoms with van der Waals surface area (Å²) in [4.78, 5) is 0. The van der Waals surface area contributed by atoms with Crippen molar-refractivity contribution in [3.05, 3.63) is 0 Å². The maximum Gasteiger partial charge on any atom is 0 e. The van der Waals surface area contributed by atoms with Crippen LogP contribution in [0, 0.1) is 0 Å². The van der Waals surface area contributed by atoms with Gasteiger partial charge in [-0.1, -0.05) is 0 Å². The van der Waals surface area contributed by atoms with E-state index in [1.807, 2.05) is 0 Å². The van der Waals surface area contributed by atoms with Crippen LogP contribution in [0.1, 0.15) is 0 Å². The summed E-state index contributed by atoms with van der Waals surface area (Å²) in [6, 6.07) is 0. The number of quaternary nitrogens is 1. The molecule has 0 bridgehead atoms. The molecule has 0 heterocycles. The molecule has 0 aliphatic carbocycles. The summed E-state index contributed by atoms with van der Waals surface area (Å²) in [5, 5.41) is 0. The first-order valence-corrected chi connectivity index (χ1v) is 0. The van der Waals surface area contributed by atoms with Crippen LogP contribution in [0.2, 0.25) is 0 Å². The van der Waals surface area contributed by atoms with E-state index in [2.05, 4.69) is 0 Å². The molecule has 0 rings (SSSR count). The topological polar surface area (TPSA) is 150 Å². The van der Waals surface area contributed by atoms with Crippen molar-refractivity contribution in [2.45, 2.75) is 0 Å². The summed E-state index contributed by atoms with van der Waals surface area (Å²) in [5.41, 5.74) is 0. The monoisotopic (exact) mass is 180 g/mol. The summed E-state index contributed by atoms with van der Waals surface area (Å²) in [6.07, 6.45) is 0. The molecule has 5 nitrogen and oxygen atoms in total.